The Bertz CT molecular complexity index is 589. The van der Waals surface area contributed by atoms with Crippen LogP contribution in [0.4, 0.5) is 4.39 Å². The molecule has 1 aromatic rings. The van der Waals surface area contributed by atoms with Gasteiger partial charge in [0.25, 0.3) is 5.91 Å². The molecule has 23 heavy (non-hydrogen) atoms. The van der Waals surface area contributed by atoms with Crippen LogP contribution < -0.4 is 10.2 Å². The summed E-state index contributed by atoms with van der Waals surface area (Å²) in [6.07, 6.45) is 2.23. The number of carbonyl (C=O) groups is 1. The minimum absolute atomic E-state index is 0.0397. The van der Waals surface area contributed by atoms with Crippen LogP contribution in [-0.4, -0.2) is 24.0 Å². The minimum Gasteiger partial charge on any atom is -0.333 e. The summed E-state index contributed by atoms with van der Waals surface area (Å²) >= 11 is 0. The zero-order chi connectivity index (χ0) is 17.0. The molecule has 1 aromatic carbocycles. The molecule has 1 amide bonds. The molecule has 1 aliphatic rings. The van der Waals surface area contributed by atoms with Crippen LogP contribution >= 0.6 is 0 Å². The van der Waals surface area contributed by atoms with Crippen LogP contribution in [0.3, 0.4) is 0 Å². The van der Waals surface area contributed by atoms with E-state index in [0.29, 0.717) is 19.1 Å². The van der Waals surface area contributed by atoms with Crippen molar-refractivity contribution in [1.29, 1.82) is 5.26 Å². The summed E-state index contributed by atoms with van der Waals surface area (Å²) < 4.78 is 13.0. The van der Waals surface area contributed by atoms with E-state index in [4.69, 9.17) is 0 Å². The third kappa shape index (κ3) is 4.77. The first kappa shape index (κ1) is 17.4. The van der Waals surface area contributed by atoms with Crippen molar-refractivity contribution in [3.05, 3.63) is 35.6 Å². The first-order valence-electron chi connectivity index (χ1n) is 8.15. The van der Waals surface area contributed by atoms with E-state index in [1.54, 1.807) is 19.1 Å². The predicted molar refractivity (Wildman–Crippen MR) is 86.0 cm³/mol. The van der Waals surface area contributed by atoms with Crippen molar-refractivity contribution < 1.29 is 14.1 Å². The molecule has 0 aromatic heterocycles. The van der Waals surface area contributed by atoms with E-state index in [1.165, 1.54) is 17.0 Å². The number of nitrogens with zero attached hydrogens (tertiary/aromatic N) is 1. The summed E-state index contributed by atoms with van der Waals surface area (Å²) in [6, 6.07) is 9.12. The number of rotatable bonds is 7. The number of nitrogens with one attached hydrogen (secondary N) is 2. The Morgan fingerprint density at radius 2 is 2.04 bits per heavy atom. The molecule has 0 bridgehead atoms. The van der Waals surface area contributed by atoms with Crippen LogP contribution in [0.1, 0.15) is 39.2 Å². The monoisotopic (exact) mass is 318 g/mol. The van der Waals surface area contributed by atoms with Crippen molar-refractivity contribution in [2.24, 2.45) is 5.92 Å². The first-order chi connectivity index (χ1) is 10.8. The van der Waals surface area contributed by atoms with Gasteiger partial charge in [0.2, 0.25) is 0 Å². The van der Waals surface area contributed by atoms with Crippen LogP contribution in [0, 0.1) is 23.1 Å². The Morgan fingerprint density at radius 1 is 1.43 bits per heavy atom. The lowest BCUT2D eigenvalue weighted by Gasteiger charge is -2.28. The standard InChI is InChI=1S/C18H24FN3O/c1-13(2)18(3,12-20)21-17(23)11-22(16-8-9-16)10-14-4-6-15(19)7-5-14/h4-7,13,16H,8-11H2,1-3H3,(H,21,23)/p+1/t18-/m0/s1. The maximum atomic E-state index is 13.0. The zero-order valence-electron chi connectivity index (χ0n) is 14.0. The van der Waals surface area contributed by atoms with Gasteiger partial charge < -0.3 is 10.2 Å². The van der Waals surface area contributed by atoms with E-state index in [0.717, 1.165) is 18.4 Å². The summed E-state index contributed by atoms with van der Waals surface area (Å²) in [7, 11) is 0. The lowest BCUT2D eigenvalue weighted by molar-refractivity contribution is -0.917. The van der Waals surface area contributed by atoms with E-state index < -0.39 is 5.54 Å². The van der Waals surface area contributed by atoms with Crippen LogP contribution in [0.25, 0.3) is 0 Å². The van der Waals surface area contributed by atoms with Crippen LogP contribution in [0.5, 0.6) is 0 Å². The van der Waals surface area contributed by atoms with Crippen molar-refractivity contribution in [1.82, 2.24) is 5.32 Å². The second-order valence-corrected chi connectivity index (χ2v) is 6.93. The number of hydrogen-bond donors (Lipinski definition) is 2. The van der Waals surface area contributed by atoms with Crippen molar-refractivity contribution in [2.45, 2.75) is 51.7 Å². The van der Waals surface area contributed by atoms with Crippen molar-refractivity contribution in [2.75, 3.05) is 6.54 Å². The predicted octanol–water partition coefficient (Wildman–Crippen LogP) is 1.43. The van der Waals surface area contributed by atoms with Gasteiger partial charge in [-0.2, -0.15) is 5.26 Å². The summed E-state index contributed by atoms with van der Waals surface area (Å²) in [6.45, 7) is 6.64. The minimum atomic E-state index is -0.846. The van der Waals surface area contributed by atoms with Gasteiger partial charge in [-0.25, -0.2) is 4.39 Å². The van der Waals surface area contributed by atoms with Gasteiger partial charge in [-0.05, 0) is 25.0 Å². The third-order valence-electron chi connectivity index (χ3n) is 4.67. The van der Waals surface area contributed by atoms with Crippen LogP contribution in [0.2, 0.25) is 0 Å². The fourth-order valence-electron chi connectivity index (χ4n) is 2.55. The molecule has 1 fully saturated rings. The van der Waals surface area contributed by atoms with Crippen LogP contribution in [-0.2, 0) is 11.3 Å². The number of benzene rings is 1. The van der Waals surface area contributed by atoms with Gasteiger partial charge in [-0.3, -0.25) is 4.79 Å². The SMILES string of the molecule is CC(C)[C@](C)(C#N)NC(=O)C[NH+](Cc1ccc(F)cc1)C1CC1. The van der Waals surface area contributed by atoms with Crippen molar-refractivity contribution in [3.8, 4) is 6.07 Å². The molecule has 0 heterocycles. The lowest BCUT2D eigenvalue weighted by atomic mass is 9.90. The molecular weight excluding hydrogens is 293 g/mol. The molecule has 0 saturated heterocycles. The topological polar surface area (TPSA) is 57.3 Å². The fraction of sp³-hybridized carbons (Fsp3) is 0.556. The van der Waals surface area contributed by atoms with Gasteiger partial charge >= 0.3 is 0 Å². The Labute approximate surface area is 137 Å². The molecule has 2 rings (SSSR count). The average molecular weight is 318 g/mol. The smallest absolute Gasteiger partial charge is 0.276 e. The normalized spacial score (nSPS) is 18.1. The summed E-state index contributed by atoms with van der Waals surface area (Å²) in [4.78, 5) is 13.5. The highest BCUT2D eigenvalue weighted by molar-refractivity contribution is 5.78. The maximum absolute atomic E-state index is 13.0. The van der Waals surface area contributed by atoms with Gasteiger partial charge in [0.15, 0.2) is 6.54 Å². The van der Waals surface area contributed by atoms with E-state index in [-0.39, 0.29) is 17.6 Å². The zero-order valence-corrected chi connectivity index (χ0v) is 14.0. The second kappa shape index (κ2) is 7.10. The van der Waals surface area contributed by atoms with E-state index >= 15 is 0 Å². The second-order valence-electron chi connectivity index (χ2n) is 6.93. The Hall–Kier alpha value is -1.93. The Balaban J connectivity index is 1.98. The first-order valence-corrected chi connectivity index (χ1v) is 8.15. The quantitative estimate of drug-likeness (QED) is 0.799. The molecule has 1 saturated carbocycles. The molecule has 0 radical (unpaired) electrons. The van der Waals surface area contributed by atoms with E-state index in [9.17, 15) is 14.4 Å². The Morgan fingerprint density at radius 3 is 2.52 bits per heavy atom. The number of hydrogen-bond acceptors (Lipinski definition) is 2. The van der Waals surface area contributed by atoms with Crippen molar-refractivity contribution >= 4 is 5.91 Å². The molecule has 1 aliphatic carbocycles. The molecule has 124 valence electrons. The van der Waals surface area contributed by atoms with E-state index in [2.05, 4.69) is 11.4 Å². The number of carbonyl (C=O) groups excluding carboxylic acids is 1. The average Bonchev–Trinajstić information content (AvgIpc) is 3.33. The number of halogens is 1. The highest BCUT2D eigenvalue weighted by atomic mass is 19.1. The van der Waals surface area contributed by atoms with Gasteiger partial charge in [0.05, 0.1) is 12.1 Å². The summed E-state index contributed by atoms with van der Waals surface area (Å²) in [5.74, 6) is -0.314. The molecule has 2 atom stereocenters. The molecular formula is C18H25FN3O+. The number of amides is 1. The summed E-state index contributed by atoms with van der Waals surface area (Å²) in [5, 5.41) is 12.2. The van der Waals surface area contributed by atoms with Gasteiger partial charge in [0.1, 0.15) is 17.9 Å². The maximum Gasteiger partial charge on any atom is 0.276 e. The van der Waals surface area contributed by atoms with Gasteiger partial charge in [0, 0.05) is 18.4 Å². The Kier molecular flexibility index (Phi) is 5.38. The lowest BCUT2D eigenvalue weighted by Crippen LogP contribution is -3.13. The fourth-order valence-corrected chi connectivity index (χ4v) is 2.55. The molecule has 1 unspecified atom stereocenters. The van der Waals surface area contributed by atoms with Gasteiger partial charge in [-0.1, -0.05) is 26.0 Å². The molecule has 2 N–H and O–H groups in total. The number of quaternary nitrogens is 1. The molecule has 0 spiro atoms. The number of nitriles is 1. The van der Waals surface area contributed by atoms with Gasteiger partial charge in [-0.15, -0.1) is 0 Å². The van der Waals surface area contributed by atoms with Crippen molar-refractivity contribution in [3.63, 3.8) is 0 Å². The highest BCUT2D eigenvalue weighted by Gasteiger charge is 2.36. The molecule has 5 heteroatoms. The third-order valence-corrected chi connectivity index (χ3v) is 4.67. The summed E-state index contributed by atoms with van der Waals surface area (Å²) in [5.41, 5.74) is 0.176. The molecule has 0 aliphatic heterocycles. The largest absolute Gasteiger partial charge is 0.333 e. The highest BCUT2D eigenvalue weighted by Crippen LogP contribution is 2.17. The van der Waals surface area contributed by atoms with Crippen LogP contribution in [0.15, 0.2) is 24.3 Å². The molecule has 4 nitrogen and oxygen atoms in total. The van der Waals surface area contributed by atoms with E-state index in [1.807, 2.05) is 13.8 Å².